The van der Waals surface area contributed by atoms with Crippen LogP contribution >= 0.6 is 0 Å². The summed E-state index contributed by atoms with van der Waals surface area (Å²) in [6.45, 7) is 13.6. The molecule has 0 spiro atoms. The summed E-state index contributed by atoms with van der Waals surface area (Å²) < 4.78 is 0. The number of phenols is 2. The van der Waals surface area contributed by atoms with Gasteiger partial charge in [0.2, 0.25) is 0 Å². The van der Waals surface area contributed by atoms with Gasteiger partial charge >= 0.3 is 0 Å². The Morgan fingerprint density at radius 1 is 0.520 bits per heavy atom. The first-order valence-corrected chi connectivity index (χ1v) is 19.5. The maximum absolute atomic E-state index is 12.6. The van der Waals surface area contributed by atoms with Crippen LogP contribution in [0.2, 0.25) is 0 Å². The molecule has 0 unspecified atom stereocenters. The minimum absolute atomic E-state index is 0.0716. The van der Waals surface area contributed by atoms with Crippen LogP contribution < -0.4 is 25.6 Å². The summed E-state index contributed by atoms with van der Waals surface area (Å²) in [5, 5.41) is 28.8. The van der Waals surface area contributed by atoms with E-state index in [1.165, 1.54) is 21.1 Å². The highest BCUT2D eigenvalue weighted by molar-refractivity contribution is 7.20. The SMILES string of the molecule is CN(Cc1cc(C(C)(C)C)cc(C(C)(C)C)c1O)c1ccccc1-c1cccc([Si](c2ccccc2)(c2ccccc2)c2ccccc2)c1O. The number of anilines is 1. The lowest BCUT2D eigenvalue weighted by Crippen LogP contribution is -2.74. The van der Waals surface area contributed by atoms with Crippen molar-refractivity contribution in [3.8, 4) is 22.6 Å². The molecule has 3 nitrogen and oxygen atoms in total. The smallest absolute Gasteiger partial charge is 0.183 e. The molecule has 0 radical (unpaired) electrons. The Kier molecular flexibility index (Phi) is 9.52. The molecule has 0 aliphatic carbocycles. The van der Waals surface area contributed by atoms with E-state index < -0.39 is 8.07 Å². The van der Waals surface area contributed by atoms with Crippen molar-refractivity contribution in [2.75, 3.05) is 11.9 Å². The lowest BCUT2D eigenvalue weighted by atomic mass is 9.79. The van der Waals surface area contributed by atoms with E-state index in [0.717, 1.165) is 33.1 Å². The second-order valence-corrected chi connectivity index (χ2v) is 19.2. The highest BCUT2D eigenvalue weighted by Gasteiger charge is 2.43. The maximum atomic E-state index is 12.6. The Morgan fingerprint density at radius 2 is 1.00 bits per heavy atom. The molecule has 6 rings (SSSR count). The lowest BCUT2D eigenvalue weighted by molar-refractivity contribution is 0.437. The molecule has 6 aromatic carbocycles. The van der Waals surface area contributed by atoms with Gasteiger partial charge in [-0.2, -0.15) is 0 Å². The largest absolute Gasteiger partial charge is 0.507 e. The first kappa shape index (κ1) is 34.8. The van der Waals surface area contributed by atoms with Gasteiger partial charge in [0.1, 0.15) is 11.5 Å². The van der Waals surface area contributed by atoms with Crippen LogP contribution in [0, 0.1) is 0 Å². The molecular formula is C46H49NO2Si. The zero-order chi connectivity index (χ0) is 35.7. The zero-order valence-corrected chi connectivity index (χ0v) is 31.4. The topological polar surface area (TPSA) is 43.7 Å². The third kappa shape index (κ3) is 6.48. The number of hydrogen-bond acceptors (Lipinski definition) is 3. The van der Waals surface area contributed by atoms with Gasteiger partial charge in [-0.15, -0.1) is 0 Å². The van der Waals surface area contributed by atoms with E-state index in [9.17, 15) is 10.2 Å². The Hall–Kier alpha value is -5.06. The molecule has 0 saturated heterocycles. The molecule has 0 atom stereocenters. The fourth-order valence-corrected chi connectivity index (χ4v) is 12.1. The monoisotopic (exact) mass is 675 g/mol. The molecule has 0 amide bonds. The Balaban J connectivity index is 1.53. The molecule has 0 aliphatic rings. The van der Waals surface area contributed by atoms with Gasteiger partial charge < -0.3 is 15.1 Å². The second kappa shape index (κ2) is 13.7. The van der Waals surface area contributed by atoms with Gasteiger partial charge in [-0.05, 0) is 54.8 Å². The summed E-state index contributed by atoms with van der Waals surface area (Å²) in [4.78, 5) is 2.19. The summed E-state index contributed by atoms with van der Waals surface area (Å²) in [5.41, 5.74) is 5.46. The zero-order valence-electron chi connectivity index (χ0n) is 30.4. The molecule has 0 saturated carbocycles. The van der Waals surface area contributed by atoms with Gasteiger partial charge in [0.05, 0.1) is 0 Å². The lowest BCUT2D eigenvalue weighted by Gasteiger charge is -2.35. The number of benzene rings is 6. The van der Waals surface area contributed by atoms with Crippen LogP contribution in [0.4, 0.5) is 5.69 Å². The molecular weight excluding hydrogens is 627 g/mol. The quantitative estimate of drug-likeness (QED) is 0.126. The first-order chi connectivity index (χ1) is 23.8. The summed E-state index contributed by atoms with van der Waals surface area (Å²) in [6.07, 6.45) is 0. The first-order valence-electron chi connectivity index (χ1n) is 17.5. The van der Waals surface area contributed by atoms with Gasteiger partial charge in [-0.25, -0.2) is 0 Å². The minimum Gasteiger partial charge on any atom is -0.507 e. The highest BCUT2D eigenvalue weighted by atomic mass is 28.3. The third-order valence-corrected chi connectivity index (χ3v) is 14.7. The van der Waals surface area contributed by atoms with Crippen LogP contribution in [0.3, 0.4) is 0 Å². The van der Waals surface area contributed by atoms with Gasteiger partial charge in [-0.1, -0.05) is 175 Å². The van der Waals surface area contributed by atoms with Crippen LogP contribution in [0.15, 0.2) is 146 Å². The number of rotatable bonds is 8. The van der Waals surface area contributed by atoms with Crippen molar-refractivity contribution < 1.29 is 10.2 Å². The van der Waals surface area contributed by atoms with Gasteiger partial charge in [0, 0.05) is 36.0 Å². The average molecular weight is 676 g/mol. The van der Waals surface area contributed by atoms with Crippen LogP contribution in [-0.4, -0.2) is 25.3 Å². The maximum Gasteiger partial charge on any atom is 0.183 e. The van der Waals surface area contributed by atoms with E-state index >= 15 is 0 Å². The summed E-state index contributed by atoms with van der Waals surface area (Å²) in [6, 6.07) is 50.9. The van der Waals surface area contributed by atoms with Crippen molar-refractivity contribution in [2.45, 2.75) is 58.9 Å². The number of aromatic hydroxyl groups is 2. The molecule has 0 fully saturated rings. The fourth-order valence-electron chi connectivity index (χ4n) is 7.29. The number of para-hydroxylation sites is 2. The van der Waals surface area contributed by atoms with Crippen molar-refractivity contribution in [3.63, 3.8) is 0 Å². The van der Waals surface area contributed by atoms with Gasteiger partial charge in [0.15, 0.2) is 8.07 Å². The van der Waals surface area contributed by atoms with Crippen molar-refractivity contribution >= 4 is 34.5 Å². The van der Waals surface area contributed by atoms with E-state index in [1.54, 1.807) is 0 Å². The molecule has 0 heterocycles. The van der Waals surface area contributed by atoms with E-state index in [2.05, 4.69) is 181 Å². The van der Waals surface area contributed by atoms with Crippen LogP contribution in [0.1, 0.15) is 58.2 Å². The standard InChI is InChI=1S/C46H49NO2Si/c1-45(2,3)34-30-33(43(48)40(31-34)46(4,5)6)32-47(7)41-28-18-17-26-38(41)39-27-19-29-42(44(39)49)50(35-20-11-8-12-21-35,36-22-13-9-14-23-36)37-24-15-10-16-25-37/h8-31,48-49H,32H2,1-7H3. The molecule has 0 aliphatic heterocycles. The van der Waals surface area contributed by atoms with Crippen LogP contribution in [-0.2, 0) is 17.4 Å². The Morgan fingerprint density at radius 3 is 1.50 bits per heavy atom. The van der Waals surface area contributed by atoms with Crippen molar-refractivity contribution in [1.29, 1.82) is 0 Å². The van der Waals surface area contributed by atoms with Crippen LogP contribution in [0.5, 0.6) is 11.5 Å². The van der Waals surface area contributed by atoms with E-state index in [-0.39, 0.29) is 10.8 Å². The van der Waals surface area contributed by atoms with E-state index in [4.69, 9.17) is 0 Å². The van der Waals surface area contributed by atoms with E-state index in [1.807, 2.05) is 18.2 Å². The van der Waals surface area contributed by atoms with Crippen molar-refractivity contribution in [3.05, 3.63) is 162 Å². The van der Waals surface area contributed by atoms with Gasteiger partial charge in [-0.3, -0.25) is 0 Å². The Labute approximate surface area is 299 Å². The van der Waals surface area contributed by atoms with Gasteiger partial charge in [0.25, 0.3) is 0 Å². The summed E-state index contributed by atoms with van der Waals surface area (Å²) in [7, 11) is -0.901. The average Bonchev–Trinajstić information content (AvgIpc) is 3.10. The Bertz CT molecular complexity index is 1980. The van der Waals surface area contributed by atoms with E-state index in [0.29, 0.717) is 18.0 Å². The molecule has 254 valence electrons. The highest BCUT2D eigenvalue weighted by Crippen LogP contribution is 2.40. The van der Waals surface area contributed by atoms with Crippen molar-refractivity contribution in [1.82, 2.24) is 0 Å². The fraction of sp³-hybridized carbons (Fsp3) is 0.217. The second-order valence-electron chi connectivity index (χ2n) is 15.5. The number of phenolic OH excluding ortho intramolecular Hbond substituents is 2. The number of nitrogens with zero attached hydrogens (tertiary/aromatic N) is 1. The molecule has 0 aromatic heterocycles. The summed E-state index contributed by atoms with van der Waals surface area (Å²) in [5.74, 6) is 0.646. The molecule has 6 aromatic rings. The molecule has 2 N–H and O–H groups in total. The predicted octanol–water partition coefficient (Wildman–Crippen LogP) is 8.37. The predicted molar refractivity (Wildman–Crippen MR) is 215 cm³/mol. The third-order valence-electron chi connectivity index (χ3n) is 9.94. The minimum atomic E-state index is -2.97. The molecule has 4 heteroatoms. The van der Waals surface area contributed by atoms with Crippen LogP contribution in [0.25, 0.3) is 11.1 Å². The van der Waals surface area contributed by atoms with Crippen molar-refractivity contribution in [2.24, 2.45) is 0 Å². The number of hydrogen-bond donors (Lipinski definition) is 2. The summed E-state index contributed by atoms with van der Waals surface area (Å²) >= 11 is 0. The molecule has 50 heavy (non-hydrogen) atoms. The molecule has 0 bridgehead atoms. The normalized spacial score (nSPS) is 12.1.